The second kappa shape index (κ2) is 6.01. The topological polar surface area (TPSA) is 75.6 Å². The second-order valence-electron chi connectivity index (χ2n) is 5.96. The smallest absolute Gasteiger partial charge is 0.332 e. The lowest BCUT2D eigenvalue weighted by Gasteiger charge is -2.43. The maximum Gasteiger partial charge on any atom is 0.332 e. The zero-order chi connectivity index (χ0) is 15.7. The summed E-state index contributed by atoms with van der Waals surface area (Å²) in [4.78, 5) is 23.3. The Balaban J connectivity index is 1.69. The van der Waals surface area contributed by atoms with Gasteiger partial charge >= 0.3 is 5.97 Å². The number of carbonyl (C=O) groups is 2. The Morgan fingerprint density at radius 3 is 2.32 bits per heavy atom. The summed E-state index contributed by atoms with van der Waals surface area (Å²) in [6, 6.07) is 7.96. The van der Waals surface area contributed by atoms with Gasteiger partial charge < -0.3 is 15.2 Å². The van der Waals surface area contributed by atoms with E-state index in [9.17, 15) is 9.59 Å². The van der Waals surface area contributed by atoms with Crippen LogP contribution in [0.3, 0.4) is 0 Å². The lowest BCUT2D eigenvalue weighted by molar-refractivity contribution is -0.152. The molecule has 1 saturated carbocycles. The molecule has 1 aliphatic heterocycles. The van der Waals surface area contributed by atoms with E-state index in [1.165, 1.54) is 0 Å². The van der Waals surface area contributed by atoms with Crippen molar-refractivity contribution in [3.05, 3.63) is 34.3 Å². The largest absolute Gasteiger partial charge is 0.479 e. The molecule has 1 aliphatic carbocycles. The average Bonchev–Trinajstić information content (AvgIpc) is 2.94. The molecular formula is C16H18BrNO4. The number of benzene rings is 1. The first-order valence-corrected chi connectivity index (χ1v) is 8.26. The molecule has 2 aliphatic rings. The molecule has 2 fully saturated rings. The summed E-state index contributed by atoms with van der Waals surface area (Å²) in [6.07, 6.45) is 2.19. The van der Waals surface area contributed by atoms with Gasteiger partial charge in [-0.1, -0.05) is 28.1 Å². The van der Waals surface area contributed by atoms with Gasteiger partial charge in [-0.3, -0.25) is 4.79 Å². The highest BCUT2D eigenvalue weighted by atomic mass is 79.9. The van der Waals surface area contributed by atoms with Crippen LogP contribution in [0.15, 0.2) is 28.7 Å². The second-order valence-corrected chi connectivity index (χ2v) is 6.88. The molecule has 1 aromatic carbocycles. The molecule has 0 spiro atoms. The average molecular weight is 368 g/mol. The molecule has 1 aromatic rings. The van der Waals surface area contributed by atoms with Crippen molar-refractivity contribution in [3.63, 3.8) is 0 Å². The van der Waals surface area contributed by atoms with Crippen LogP contribution >= 0.6 is 15.9 Å². The van der Waals surface area contributed by atoms with Gasteiger partial charge in [0, 0.05) is 4.47 Å². The Morgan fingerprint density at radius 2 is 1.82 bits per heavy atom. The van der Waals surface area contributed by atoms with Crippen molar-refractivity contribution in [2.45, 2.75) is 49.9 Å². The van der Waals surface area contributed by atoms with E-state index in [1.807, 2.05) is 24.3 Å². The molecule has 2 atom stereocenters. The van der Waals surface area contributed by atoms with Gasteiger partial charge in [-0.15, -0.1) is 0 Å². The fourth-order valence-corrected chi connectivity index (χ4v) is 3.38. The van der Waals surface area contributed by atoms with Crippen LogP contribution in [0.1, 0.15) is 37.7 Å². The summed E-state index contributed by atoms with van der Waals surface area (Å²) in [5.41, 5.74) is 0.755. The molecule has 6 heteroatoms. The molecule has 1 saturated heterocycles. The van der Waals surface area contributed by atoms with Gasteiger partial charge in [-0.05, 0) is 49.8 Å². The number of carboxylic acid groups (broad SMARTS) is 1. The van der Waals surface area contributed by atoms with Crippen LogP contribution < -0.4 is 5.32 Å². The van der Waals surface area contributed by atoms with Crippen LogP contribution in [-0.4, -0.2) is 29.2 Å². The van der Waals surface area contributed by atoms with E-state index in [-0.39, 0.29) is 11.4 Å². The zero-order valence-electron chi connectivity index (χ0n) is 12.0. The van der Waals surface area contributed by atoms with Gasteiger partial charge in [-0.25, -0.2) is 4.79 Å². The molecule has 1 amide bonds. The lowest BCUT2D eigenvalue weighted by atomic mass is 9.71. The number of carbonyl (C=O) groups excluding carboxylic acids is 1. The number of nitrogens with one attached hydrogen (secondary N) is 1. The molecule has 2 N–H and O–H groups in total. The molecule has 22 heavy (non-hydrogen) atoms. The van der Waals surface area contributed by atoms with E-state index >= 15 is 0 Å². The molecule has 1 heterocycles. The SMILES string of the molecule is O=C(NC1(c2ccc(Br)cc2)CCC1)[C@@H]1CC[C@H](C(=O)O)O1. The molecule has 0 aromatic heterocycles. The van der Waals surface area contributed by atoms with Gasteiger partial charge in [0.05, 0.1) is 5.54 Å². The predicted molar refractivity (Wildman–Crippen MR) is 83.3 cm³/mol. The highest BCUT2D eigenvalue weighted by Crippen LogP contribution is 2.42. The Bertz CT molecular complexity index is 582. The number of amides is 1. The molecule has 5 nitrogen and oxygen atoms in total. The summed E-state index contributed by atoms with van der Waals surface area (Å²) >= 11 is 3.41. The monoisotopic (exact) mass is 367 g/mol. The van der Waals surface area contributed by atoms with Crippen molar-refractivity contribution in [1.29, 1.82) is 0 Å². The fourth-order valence-electron chi connectivity index (χ4n) is 3.11. The number of hydrogen-bond donors (Lipinski definition) is 2. The van der Waals surface area contributed by atoms with Crippen LogP contribution in [0.4, 0.5) is 0 Å². The minimum atomic E-state index is -0.999. The molecule has 0 bridgehead atoms. The van der Waals surface area contributed by atoms with Crippen LogP contribution in [-0.2, 0) is 19.9 Å². The third-order valence-electron chi connectivity index (χ3n) is 4.55. The van der Waals surface area contributed by atoms with Gasteiger partial charge in [-0.2, -0.15) is 0 Å². The van der Waals surface area contributed by atoms with Crippen LogP contribution in [0.2, 0.25) is 0 Å². The zero-order valence-corrected chi connectivity index (χ0v) is 13.6. The lowest BCUT2D eigenvalue weighted by Crippen LogP contribution is -2.53. The van der Waals surface area contributed by atoms with Crippen LogP contribution in [0.25, 0.3) is 0 Å². The van der Waals surface area contributed by atoms with E-state index in [4.69, 9.17) is 9.84 Å². The number of rotatable bonds is 4. The third-order valence-corrected chi connectivity index (χ3v) is 5.08. The summed E-state index contributed by atoms with van der Waals surface area (Å²) in [5.74, 6) is -1.20. The fraction of sp³-hybridized carbons (Fsp3) is 0.500. The van der Waals surface area contributed by atoms with Crippen molar-refractivity contribution in [3.8, 4) is 0 Å². The highest BCUT2D eigenvalue weighted by Gasteiger charge is 2.43. The van der Waals surface area contributed by atoms with Gasteiger partial charge in [0.1, 0.15) is 6.10 Å². The molecule has 0 radical (unpaired) electrons. The standard InChI is InChI=1S/C16H18BrNO4/c17-11-4-2-10(3-5-11)16(8-1-9-16)18-14(19)12-6-7-13(22-12)15(20)21/h2-5,12-13H,1,6-9H2,(H,18,19)(H,20,21)/t12-,13+/m0/s1. The summed E-state index contributed by atoms with van der Waals surface area (Å²) in [5, 5.41) is 12.0. The first kappa shape index (κ1) is 15.5. The summed E-state index contributed by atoms with van der Waals surface area (Å²) in [6.45, 7) is 0. The maximum absolute atomic E-state index is 12.4. The third kappa shape index (κ3) is 2.90. The maximum atomic E-state index is 12.4. The van der Waals surface area contributed by atoms with Gasteiger partial charge in [0.2, 0.25) is 5.91 Å². The van der Waals surface area contributed by atoms with E-state index in [2.05, 4.69) is 21.2 Å². The van der Waals surface area contributed by atoms with Crippen molar-refractivity contribution < 1.29 is 19.4 Å². The van der Waals surface area contributed by atoms with Crippen molar-refractivity contribution >= 4 is 27.8 Å². The normalized spacial score (nSPS) is 26.2. The Hall–Kier alpha value is -1.40. The molecule has 0 unspecified atom stereocenters. The Kier molecular flexibility index (Phi) is 4.23. The minimum absolute atomic E-state index is 0.202. The van der Waals surface area contributed by atoms with Crippen molar-refractivity contribution in [1.82, 2.24) is 5.32 Å². The minimum Gasteiger partial charge on any atom is -0.479 e. The first-order chi connectivity index (χ1) is 10.5. The predicted octanol–water partition coefficient (Wildman–Crippen LogP) is 2.58. The number of aliphatic carboxylic acids is 1. The quantitative estimate of drug-likeness (QED) is 0.857. The van der Waals surface area contributed by atoms with E-state index < -0.39 is 18.2 Å². The van der Waals surface area contributed by atoms with Crippen molar-refractivity contribution in [2.24, 2.45) is 0 Å². The van der Waals surface area contributed by atoms with E-state index in [1.54, 1.807) is 0 Å². The summed E-state index contributed by atoms with van der Waals surface area (Å²) < 4.78 is 6.34. The van der Waals surface area contributed by atoms with E-state index in [0.717, 1.165) is 29.3 Å². The molecular weight excluding hydrogens is 350 g/mol. The number of halogens is 1. The van der Waals surface area contributed by atoms with Gasteiger partial charge in [0.15, 0.2) is 6.10 Å². The number of hydrogen-bond acceptors (Lipinski definition) is 3. The first-order valence-electron chi connectivity index (χ1n) is 7.46. The Labute approximate surface area is 137 Å². The van der Waals surface area contributed by atoms with Crippen molar-refractivity contribution in [2.75, 3.05) is 0 Å². The Morgan fingerprint density at radius 1 is 1.18 bits per heavy atom. The van der Waals surface area contributed by atoms with E-state index in [0.29, 0.717) is 12.8 Å². The molecule has 3 rings (SSSR count). The highest BCUT2D eigenvalue weighted by molar-refractivity contribution is 9.10. The van der Waals surface area contributed by atoms with Crippen LogP contribution in [0.5, 0.6) is 0 Å². The van der Waals surface area contributed by atoms with Crippen LogP contribution in [0, 0.1) is 0 Å². The number of ether oxygens (including phenoxy) is 1. The number of carboxylic acids is 1. The summed E-state index contributed by atoms with van der Waals surface area (Å²) in [7, 11) is 0. The van der Waals surface area contributed by atoms with Gasteiger partial charge in [0.25, 0.3) is 0 Å². The molecule has 118 valence electrons.